The van der Waals surface area contributed by atoms with Crippen LogP contribution in [0.15, 0.2) is 30.6 Å². The molecule has 2 heterocycles. The van der Waals surface area contributed by atoms with E-state index < -0.39 is 0 Å². The number of amides is 1. The summed E-state index contributed by atoms with van der Waals surface area (Å²) in [6.45, 7) is 5.09. The molecule has 0 saturated heterocycles. The maximum atomic E-state index is 12.4. The summed E-state index contributed by atoms with van der Waals surface area (Å²) in [5, 5.41) is 4.12. The zero-order valence-electron chi connectivity index (χ0n) is 15.7. The first-order valence-corrected chi connectivity index (χ1v) is 8.83. The number of likely N-dealkylation sites (N-methyl/N-ethyl adjacent to an activating group) is 1. The molecule has 6 heteroatoms. The Labute approximate surface area is 154 Å². The predicted octanol–water partition coefficient (Wildman–Crippen LogP) is 2.81. The highest BCUT2D eigenvalue weighted by Crippen LogP contribution is 2.35. The summed E-state index contributed by atoms with van der Waals surface area (Å²) >= 11 is 0. The van der Waals surface area contributed by atoms with Gasteiger partial charge in [0.1, 0.15) is 17.6 Å². The maximum absolute atomic E-state index is 12.4. The third kappa shape index (κ3) is 4.07. The summed E-state index contributed by atoms with van der Waals surface area (Å²) in [7, 11) is 3.63. The lowest BCUT2D eigenvalue weighted by atomic mass is 10.1. The van der Waals surface area contributed by atoms with Crippen LogP contribution in [0.4, 0.5) is 0 Å². The van der Waals surface area contributed by atoms with Gasteiger partial charge in [-0.05, 0) is 32.1 Å². The van der Waals surface area contributed by atoms with Gasteiger partial charge in [0.2, 0.25) is 5.91 Å². The van der Waals surface area contributed by atoms with Crippen LogP contribution in [0.25, 0.3) is 6.08 Å². The van der Waals surface area contributed by atoms with Crippen molar-refractivity contribution in [1.29, 1.82) is 0 Å². The van der Waals surface area contributed by atoms with Crippen LogP contribution in [0.5, 0.6) is 11.5 Å². The minimum Gasteiger partial charge on any atom is -0.493 e. The quantitative estimate of drug-likeness (QED) is 0.748. The molecule has 1 amide bonds. The van der Waals surface area contributed by atoms with Crippen molar-refractivity contribution in [3.8, 4) is 11.5 Å². The van der Waals surface area contributed by atoms with Crippen molar-refractivity contribution in [3.63, 3.8) is 0 Å². The van der Waals surface area contributed by atoms with E-state index in [2.05, 4.69) is 5.10 Å². The molecular weight excluding hydrogens is 330 g/mol. The Balaban J connectivity index is 1.74. The fraction of sp³-hybridized carbons (Fsp3) is 0.400. The third-order valence-electron chi connectivity index (χ3n) is 4.29. The highest BCUT2D eigenvalue weighted by Gasteiger charge is 2.21. The fourth-order valence-corrected chi connectivity index (χ4v) is 3.06. The number of aromatic nitrogens is 2. The van der Waals surface area contributed by atoms with E-state index in [9.17, 15) is 4.79 Å². The maximum Gasteiger partial charge on any atom is 0.246 e. The van der Waals surface area contributed by atoms with Crippen LogP contribution >= 0.6 is 0 Å². The second-order valence-electron chi connectivity index (χ2n) is 6.61. The molecule has 1 aliphatic heterocycles. The number of benzene rings is 1. The Hall–Kier alpha value is -2.76. The summed E-state index contributed by atoms with van der Waals surface area (Å²) in [5.74, 6) is 1.57. The first kappa shape index (κ1) is 18.0. The number of aryl methyl sites for hydroxylation is 1. The molecule has 1 aromatic carbocycles. The number of ether oxygens (including phenoxy) is 2. The molecule has 0 spiro atoms. The Kier molecular flexibility index (Phi) is 5.30. The second kappa shape index (κ2) is 7.64. The van der Waals surface area contributed by atoms with E-state index in [1.54, 1.807) is 35.0 Å². The molecule has 0 aliphatic carbocycles. The van der Waals surface area contributed by atoms with Crippen LogP contribution in [0.3, 0.4) is 0 Å². The van der Waals surface area contributed by atoms with Gasteiger partial charge in [-0.3, -0.25) is 9.48 Å². The van der Waals surface area contributed by atoms with E-state index in [1.807, 2.05) is 39.2 Å². The van der Waals surface area contributed by atoms with Crippen molar-refractivity contribution >= 4 is 12.0 Å². The largest absolute Gasteiger partial charge is 0.493 e. The third-order valence-corrected chi connectivity index (χ3v) is 4.29. The number of carbonyl (C=O) groups excluding carboxylic acids is 1. The normalized spacial score (nSPS) is 15.8. The average molecular weight is 355 g/mol. The van der Waals surface area contributed by atoms with Gasteiger partial charge in [-0.15, -0.1) is 0 Å². The lowest BCUT2D eigenvalue weighted by Gasteiger charge is -2.14. The first-order chi connectivity index (χ1) is 12.5. The van der Waals surface area contributed by atoms with Gasteiger partial charge in [0, 0.05) is 56.0 Å². The van der Waals surface area contributed by atoms with Crippen LogP contribution in [0.1, 0.15) is 30.5 Å². The average Bonchev–Trinajstić information content (AvgIpc) is 3.16. The predicted molar refractivity (Wildman–Crippen MR) is 100 cm³/mol. The number of hydrogen-bond acceptors (Lipinski definition) is 4. The van der Waals surface area contributed by atoms with Crippen LogP contribution in [-0.2, 0) is 24.8 Å². The number of nitrogens with zero attached hydrogens (tertiary/aromatic N) is 3. The van der Waals surface area contributed by atoms with E-state index in [-0.39, 0.29) is 12.0 Å². The minimum absolute atomic E-state index is 0.0777. The standard InChI is InChI=1S/C20H25N3O3/c1-5-25-18-10-17-8-14(2)26-19(17)9-16(18)6-7-20(24)22(3)12-15-11-21-23(4)13-15/h6-7,9-11,13-14H,5,8,12H2,1-4H3/b7-6+. The molecule has 3 rings (SSSR count). The van der Waals surface area contributed by atoms with E-state index in [4.69, 9.17) is 9.47 Å². The summed E-state index contributed by atoms with van der Waals surface area (Å²) in [5.41, 5.74) is 2.99. The number of fused-ring (bicyclic) bond motifs is 1. The zero-order valence-corrected chi connectivity index (χ0v) is 15.7. The van der Waals surface area contributed by atoms with Crippen LogP contribution in [0.2, 0.25) is 0 Å². The van der Waals surface area contributed by atoms with Gasteiger partial charge in [0.25, 0.3) is 0 Å². The number of carbonyl (C=O) groups is 1. The Morgan fingerprint density at radius 1 is 1.50 bits per heavy atom. The van der Waals surface area contributed by atoms with Crippen molar-refractivity contribution < 1.29 is 14.3 Å². The van der Waals surface area contributed by atoms with Gasteiger partial charge in [0.15, 0.2) is 0 Å². The highest BCUT2D eigenvalue weighted by molar-refractivity contribution is 5.92. The molecule has 1 aromatic heterocycles. The van der Waals surface area contributed by atoms with E-state index in [1.165, 1.54) is 0 Å². The van der Waals surface area contributed by atoms with E-state index >= 15 is 0 Å². The van der Waals surface area contributed by atoms with Crippen molar-refractivity contribution in [2.24, 2.45) is 7.05 Å². The highest BCUT2D eigenvalue weighted by atomic mass is 16.5. The lowest BCUT2D eigenvalue weighted by Crippen LogP contribution is -2.23. The van der Waals surface area contributed by atoms with Gasteiger partial charge in [-0.2, -0.15) is 5.10 Å². The molecule has 6 nitrogen and oxygen atoms in total. The molecule has 0 fully saturated rings. The summed E-state index contributed by atoms with van der Waals surface area (Å²) in [6.07, 6.45) is 8.08. The summed E-state index contributed by atoms with van der Waals surface area (Å²) < 4.78 is 13.3. The molecule has 0 saturated carbocycles. The van der Waals surface area contributed by atoms with Gasteiger partial charge in [-0.1, -0.05) is 0 Å². The van der Waals surface area contributed by atoms with Crippen LogP contribution in [-0.4, -0.2) is 40.3 Å². The van der Waals surface area contributed by atoms with Gasteiger partial charge in [0.05, 0.1) is 12.8 Å². The van der Waals surface area contributed by atoms with Gasteiger partial charge < -0.3 is 14.4 Å². The molecule has 138 valence electrons. The Morgan fingerprint density at radius 2 is 2.31 bits per heavy atom. The summed E-state index contributed by atoms with van der Waals surface area (Å²) in [6, 6.07) is 3.97. The monoisotopic (exact) mass is 355 g/mol. The Morgan fingerprint density at radius 3 is 3.00 bits per heavy atom. The molecule has 0 bridgehead atoms. The minimum atomic E-state index is -0.0777. The molecule has 26 heavy (non-hydrogen) atoms. The number of hydrogen-bond donors (Lipinski definition) is 0. The molecule has 1 atom stereocenters. The molecule has 0 radical (unpaired) electrons. The van der Waals surface area contributed by atoms with Gasteiger partial charge >= 0.3 is 0 Å². The summed E-state index contributed by atoms with van der Waals surface area (Å²) in [4.78, 5) is 14.1. The Bertz CT molecular complexity index is 826. The fourth-order valence-electron chi connectivity index (χ4n) is 3.06. The molecule has 1 unspecified atom stereocenters. The lowest BCUT2D eigenvalue weighted by molar-refractivity contribution is -0.125. The van der Waals surface area contributed by atoms with E-state index in [0.29, 0.717) is 13.2 Å². The molecule has 1 aliphatic rings. The van der Waals surface area contributed by atoms with Crippen molar-refractivity contribution in [2.45, 2.75) is 32.9 Å². The molecule has 2 aromatic rings. The molecule has 0 N–H and O–H groups in total. The van der Waals surface area contributed by atoms with Crippen molar-refractivity contribution in [3.05, 3.63) is 47.3 Å². The SMILES string of the molecule is CCOc1cc2c(cc1/C=C/C(=O)N(C)Cc1cnn(C)c1)OC(C)C2. The van der Waals surface area contributed by atoms with Crippen molar-refractivity contribution in [2.75, 3.05) is 13.7 Å². The van der Waals surface area contributed by atoms with E-state index in [0.717, 1.165) is 34.6 Å². The van der Waals surface area contributed by atoms with Gasteiger partial charge in [-0.25, -0.2) is 0 Å². The number of rotatable bonds is 6. The van der Waals surface area contributed by atoms with Crippen molar-refractivity contribution in [1.82, 2.24) is 14.7 Å². The molecular formula is C20H25N3O3. The second-order valence-corrected chi connectivity index (χ2v) is 6.61. The first-order valence-electron chi connectivity index (χ1n) is 8.83. The topological polar surface area (TPSA) is 56.6 Å². The zero-order chi connectivity index (χ0) is 18.7. The van der Waals surface area contributed by atoms with Crippen LogP contribution in [0, 0.1) is 0 Å². The van der Waals surface area contributed by atoms with Crippen LogP contribution < -0.4 is 9.47 Å². The smallest absolute Gasteiger partial charge is 0.246 e.